The number of hydrogen-bond acceptors (Lipinski definition) is 5. The fourth-order valence-electron chi connectivity index (χ4n) is 2.75. The first-order valence-electron chi connectivity index (χ1n) is 9.16. The van der Waals surface area contributed by atoms with Crippen LogP contribution < -0.4 is 15.4 Å². The smallest absolute Gasteiger partial charge is 0.254 e. The summed E-state index contributed by atoms with van der Waals surface area (Å²) in [4.78, 5) is 20.7. The largest absolute Gasteiger partial charge is 0.497 e. The van der Waals surface area contributed by atoms with Crippen LogP contribution in [0.3, 0.4) is 0 Å². The summed E-state index contributed by atoms with van der Waals surface area (Å²) in [5.74, 6) is 1.16. The van der Waals surface area contributed by atoms with Crippen LogP contribution in [0.1, 0.15) is 27.0 Å². The van der Waals surface area contributed by atoms with E-state index in [0.717, 1.165) is 17.7 Å². The Morgan fingerprint density at radius 3 is 2.46 bits per heavy atom. The summed E-state index contributed by atoms with van der Waals surface area (Å²) >= 11 is 0. The Morgan fingerprint density at radius 1 is 1.04 bits per heavy atom. The molecular weight excluding hydrogens is 352 g/mol. The molecule has 2 aromatic carbocycles. The van der Waals surface area contributed by atoms with Gasteiger partial charge in [0.05, 0.1) is 12.7 Å². The van der Waals surface area contributed by atoms with E-state index in [4.69, 9.17) is 4.74 Å². The van der Waals surface area contributed by atoms with E-state index >= 15 is 0 Å². The third kappa shape index (κ3) is 5.54. The SMILES string of the molecule is COc1ccc(CCNc2ncc(C(=O)NCc3cccc(C)c3)cn2)cc1. The lowest BCUT2D eigenvalue weighted by Crippen LogP contribution is -2.23. The molecule has 6 heteroatoms. The molecule has 0 aliphatic rings. The van der Waals surface area contributed by atoms with Gasteiger partial charge < -0.3 is 15.4 Å². The van der Waals surface area contributed by atoms with Crippen molar-refractivity contribution in [2.75, 3.05) is 19.0 Å². The molecular formula is C22H24N4O2. The first-order chi connectivity index (χ1) is 13.6. The molecule has 0 atom stereocenters. The maximum Gasteiger partial charge on any atom is 0.254 e. The average molecular weight is 376 g/mol. The molecule has 0 bridgehead atoms. The highest BCUT2D eigenvalue weighted by Gasteiger charge is 2.07. The number of nitrogens with one attached hydrogen (secondary N) is 2. The fourth-order valence-corrected chi connectivity index (χ4v) is 2.75. The number of nitrogens with zero attached hydrogens (tertiary/aromatic N) is 2. The quantitative estimate of drug-likeness (QED) is 0.630. The summed E-state index contributed by atoms with van der Waals surface area (Å²) in [6, 6.07) is 16.0. The molecule has 0 unspecified atom stereocenters. The maximum absolute atomic E-state index is 12.2. The second-order valence-corrected chi connectivity index (χ2v) is 6.49. The van der Waals surface area contributed by atoms with Crippen molar-refractivity contribution in [2.24, 2.45) is 0 Å². The van der Waals surface area contributed by atoms with Gasteiger partial charge in [-0.1, -0.05) is 42.0 Å². The second kappa shape index (κ2) is 9.50. The Balaban J connectivity index is 1.46. The predicted octanol–water partition coefficient (Wildman–Crippen LogP) is 3.38. The normalized spacial score (nSPS) is 10.4. The van der Waals surface area contributed by atoms with Gasteiger partial charge in [0.15, 0.2) is 0 Å². The van der Waals surface area contributed by atoms with E-state index in [9.17, 15) is 4.79 Å². The van der Waals surface area contributed by atoms with Gasteiger partial charge in [-0.3, -0.25) is 4.79 Å². The molecule has 2 N–H and O–H groups in total. The van der Waals surface area contributed by atoms with E-state index in [1.54, 1.807) is 7.11 Å². The van der Waals surface area contributed by atoms with Gasteiger partial charge in [0, 0.05) is 25.5 Å². The van der Waals surface area contributed by atoms with Crippen LogP contribution in [0, 0.1) is 6.92 Å². The van der Waals surface area contributed by atoms with E-state index in [1.807, 2.05) is 55.5 Å². The van der Waals surface area contributed by atoms with Crippen molar-refractivity contribution in [3.05, 3.63) is 83.2 Å². The van der Waals surface area contributed by atoms with Gasteiger partial charge in [0.2, 0.25) is 5.95 Å². The standard InChI is InChI=1S/C22H24N4O2/c1-16-4-3-5-18(12-16)13-24-21(27)19-14-25-22(26-15-19)23-11-10-17-6-8-20(28-2)9-7-17/h3-9,12,14-15H,10-11,13H2,1-2H3,(H,24,27)(H,23,25,26). The Labute approximate surface area is 165 Å². The predicted molar refractivity (Wildman–Crippen MR) is 110 cm³/mol. The van der Waals surface area contributed by atoms with E-state index in [-0.39, 0.29) is 5.91 Å². The monoisotopic (exact) mass is 376 g/mol. The molecule has 1 aromatic heterocycles. The third-order valence-electron chi connectivity index (χ3n) is 4.31. The van der Waals surface area contributed by atoms with Gasteiger partial charge in [-0.05, 0) is 36.6 Å². The van der Waals surface area contributed by atoms with Gasteiger partial charge in [-0.15, -0.1) is 0 Å². The fraction of sp³-hybridized carbons (Fsp3) is 0.227. The van der Waals surface area contributed by atoms with Gasteiger partial charge in [-0.2, -0.15) is 0 Å². The highest BCUT2D eigenvalue weighted by molar-refractivity contribution is 5.93. The average Bonchev–Trinajstić information content (AvgIpc) is 2.73. The first kappa shape index (κ1) is 19.4. The van der Waals surface area contributed by atoms with E-state index in [1.165, 1.54) is 23.5 Å². The summed E-state index contributed by atoms with van der Waals surface area (Å²) in [6.07, 6.45) is 3.91. The summed E-state index contributed by atoms with van der Waals surface area (Å²) in [7, 11) is 1.65. The Bertz CT molecular complexity index is 909. The number of rotatable bonds is 8. The van der Waals surface area contributed by atoms with Crippen LogP contribution in [-0.2, 0) is 13.0 Å². The molecule has 0 spiro atoms. The Morgan fingerprint density at radius 2 is 1.79 bits per heavy atom. The molecule has 0 saturated heterocycles. The molecule has 144 valence electrons. The highest BCUT2D eigenvalue weighted by Crippen LogP contribution is 2.12. The van der Waals surface area contributed by atoms with E-state index in [2.05, 4.69) is 20.6 Å². The molecule has 3 rings (SSSR count). The van der Waals surface area contributed by atoms with Crippen molar-refractivity contribution in [3.63, 3.8) is 0 Å². The summed E-state index contributed by atoms with van der Waals surface area (Å²) in [5, 5.41) is 6.05. The number of carbonyl (C=O) groups is 1. The summed E-state index contributed by atoms with van der Waals surface area (Å²) in [6.45, 7) is 3.20. The summed E-state index contributed by atoms with van der Waals surface area (Å²) in [5.41, 5.74) is 3.86. The number of hydrogen-bond donors (Lipinski definition) is 2. The highest BCUT2D eigenvalue weighted by atomic mass is 16.5. The van der Waals surface area contributed by atoms with Crippen LogP contribution in [0.15, 0.2) is 60.9 Å². The molecule has 0 saturated carbocycles. The molecule has 0 aliphatic heterocycles. The minimum atomic E-state index is -0.189. The lowest BCUT2D eigenvalue weighted by Gasteiger charge is -2.08. The topological polar surface area (TPSA) is 76.1 Å². The van der Waals surface area contributed by atoms with Gasteiger partial charge in [0.25, 0.3) is 5.91 Å². The lowest BCUT2D eigenvalue weighted by molar-refractivity contribution is 0.0950. The second-order valence-electron chi connectivity index (χ2n) is 6.49. The van der Waals surface area contributed by atoms with Crippen LogP contribution in [0.2, 0.25) is 0 Å². The first-order valence-corrected chi connectivity index (χ1v) is 9.16. The summed E-state index contributed by atoms with van der Waals surface area (Å²) < 4.78 is 5.15. The van der Waals surface area contributed by atoms with Crippen LogP contribution in [-0.4, -0.2) is 29.5 Å². The molecule has 6 nitrogen and oxygen atoms in total. The number of benzene rings is 2. The molecule has 0 aliphatic carbocycles. The van der Waals surface area contributed by atoms with Crippen LogP contribution in [0.25, 0.3) is 0 Å². The zero-order valence-electron chi connectivity index (χ0n) is 16.1. The number of anilines is 1. The Kier molecular flexibility index (Phi) is 6.57. The van der Waals surface area contributed by atoms with Crippen molar-refractivity contribution < 1.29 is 9.53 Å². The molecule has 0 radical (unpaired) electrons. The minimum Gasteiger partial charge on any atom is -0.497 e. The number of methoxy groups -OCH3 is 1. The lowest BCUT2D eigenvalue weighted by atomic mass is 10.1. The van der Waals surface area contributed by atoms with Gasteiger partial charge in [0.1, 0.15) is 5.75 Å². The molecule has 1 heterocycles. The van der Waals surface area contributed by atoms with Crippen molar-refractivity contribution in [1.82, 2.24) is 15.3 Å². The minimum absolute atomic E-state index is 0.189. The van der Waals surface area contributed by atoms with Gasteiger partial charge in [-0.25, -0.2) is 9.97 Å². The zero-order chi connectivity index (χ0) is 19.8. The van der Waals surface area contributed by atoms with Crippen molar-refractivity contribution in [1.29, 1.82) is 0 Å². The maximum atomic E-state index is 12.2. The van der Waals surface area contributed by atoms with Gasteiger partial charge >= 0.3 is 0 Å². The Hall–Kier alpha value is -3.41. The van der Waals surface area contributed by atoms with Crippen molar-refractivity contribution in [3.8, 4) is 5.75 Å². The molecule has 1 amide bonds. The van der Waals surface area contributed by atoms with Crippen molar-refractivity contribution >= 4 is 11.9 Å². The number of carbonyl (C=O) groups excluding carboxylic acids is 1. The van der Waals surface area contributed by atoms with Crippen molar-refractivity contribution in [2.45, 2.75) is 19.9 Å². The van der Waals surface area contributed by atoms with Crippen LogP contribution >= 0.6 is 0 Å². The number of ether oxygens (including phenoxy) is 1. The number of amides is 1. The van der Waals surface area contributed by atoms with Crippen LogP contribution in [0.5, 0.6) is 5.75 Å². The molecule has 28 heavy (non-hydrogen) atoms. The zero-order valence-corrected chi connectivity index (χ0v) is 16.1. The van der Waals surface area contributed by atoms with E-state index < -0.39 is 0 Å². The number of aromatic nitrogens is 2. The number of aryl methyl sites for hydroxylation is 1. The third-order valence-corrected chi connectivity index (χ3v) is 4.31. The molecule has 0 fully saturated rings. The van der Waals surface area contributed by atoms with Crippen LogP contribution in [0.4, 0.5) is 5.95 Å². The molecule has 3 aromatic rings. The van der Waals surface area contributed by atoms with E-state index in [0.29, 0.717) is 24.6 Å².